The molecule has 1 N–H and O–H groups in total. The Morgan fingerprint density at radius 1 is 1.40 bits per heavy atom. The van der Waals surface area contributed by atoms with Gasteiger partial charge in [-0.3, -0.25) is 0 Å². The SMILES string of the molecule is CC(O)c1cccc(OCCN(C)C)c1. The molecule has 0 heterocycles. The molecule has 0 radical (unpaired) electrons. The fraction of sp³-hybridized carbons (Fsp3) is 0.500. The normalized spacial score (nSPS) is 12.9. The number of aliphatic hydroxyl groups is 1. The van der Waals surface area contributed by atoms with Crippen molar-refractivity contribution in [1.29, 1.82) is 0 Å². The molecule has 84 valence electrons. The van der Waals surface area contributed by atoms with E-state index in [1.165, 1.54) is 0 Å². The molecule has 0 amide bonds. The van der Waals surface area contributed by atoms with Crippen molar-refractivity contribution >= 4 is 0 Å². The van der Waals surface area contributed by atoms with Crippen molar-refractivity contribution in [3.05, 3.63) is 29.8 Å². The fourth-order valence-corrected chi connectivity index (χ4v) is 1.21. The lowest BCUT2D eigenvalue weighted by molar-refractivity contribution is 0.198. The molecule has 1 aromatic carbocycles. The Kier molecular flexibility index (Phi) is 4.59. The molecule has 0 saturated heterocycles. The van der Waals surface area contributed by atoms with Crippen LogP contribution in [0.2, 0.25) is 0 Å². The summed E-state index contributed by atoms with van der Waals surface area (Å²) in [7, 11) is 4.02. The Hall–Kier alpha value is -1.06. The van der Waals surface area contributed by atoms with Gasteiger partial charge in [0.1, 0.15) is 12.4 Å². The van der Waals surface area contributed by atoms with E-state index in [1.807, 2.05) is 38.4 Å². The number of rotatable bonds is 5. The average molecular weight is 209 g/mol. The number of likely N-dealkylation sites (N-methyl/N-ethyl adjacent to an activating group) is 1. The zero-order chi connectivity index (χ0) is 11.3. The number of hydrogen-bond acceptors (Lipinski definition) is 3. The van der Waals surface area contributed by atoms with Gasteiger partial charge in [0.25, 0.3) is 0 Å². The topological polar surface area (TPSA) is 32.7 Å². The van der Waals surface area contributed by atoms with Crippen LogP contribution >= 0.6 is 0 Å². The number of ether oxygens (including phenoxy) is 1. The minimum atomic E-state index is -0.442. The van der Waals surface area contributed by atoms with Crippen molar-refractivity contribution in [2.75, 3.05) is 27.2 Å². The van der Waals surface area contributed by atoms with E-state index in [-0.39, 0.29) is 0 Å². The smallest absolute Gasteiger partial charge is 0.119 e. The molecular weight excluding hydrogens is 190 g/mol. The van der Waals surface area contributed by atoms with E-state index < -0.39 is 6.10 Å². The summed E-state index contributed by atoms with van der Waals surface area (Å²) in [5.74, 6) is 0.815. The second-order valence-corrected chi connectivity index (χ2v) is 3.90. The predicted octanol–water partition coefficient (Wildman–Crippen LogP) is 1.68. The molecule has 1 unspecified atom stereocenters. The molecule has 0 saturated carbocycles. The van der Waals surface area contributed by atoms with Crippen molar-refractivity contribution in [2.45, 2.75) is 13.0 Å². The van der Waals surface area contributed by atoms with Crippen molar-refractivity contribution < 1.29 is 9.84 Å². The number of nitrogens with zero attached hydrogens (tertiary/aromatic N) is 1. The number of benzene rings is 1. The summed E-state index contributed by atoms with van der Waals surface area (Å²) in [4.78, 5) is 2.07. The fourth-order valence-electron chi connectivity index (χ4n) is 1.21. The van der Waals surface area contributed by atoms with Crippen LogP contribution < -0.4 is 4.74 Å². The molecule has 0 aliphatic heterocycles. The molecule has 0 bridgehead atoms. The molecule has 0 spiro atoms. The molecule has 1 rings (SSSR count). The van der Waals surface area contributed by atoms with Crippen molar-refractivity contribution in [2.24, 2.45) is 0 Å². The maximum atomic E-state index is 9.40. The third-order valence-electron chi connectivity index (χ3n) is 2.15. The van der Waals surface area contributed by atoms with Gasteiger partial charge in [-0.25, -0.2) is 0 Å². The van der Waals surface area contributed by atoms with Crippen molar-refractivity contribution in [3.8, 4) is 5.75 Å². The van der Waals surface area contributed by atoms with Crippen molar-refractivity contribution in [1.82, 2.24) is 4.90 Å². The largest absolute Gasteiger partial charge is 0.492 e. The molecule has 3 heteroatoms. The van der Waals surface area contributed by atoms with Gasteiger partial charge in [-0.15, -0.1) is 0 Å². The molecule has 15 heavy (non-hydrogen) atoms. The summed E-state index contributed by atoms with van der Waals surface area (Å²) in [5, 5.41) is 9.40. The Morgan fingerprint density at radius 2 is 2.13 bits per heavy atom. The first kappa shape index (κ1) is 12.0. The zero-order valence-electron chi connectivity index (χ0n) is 9.60. The standard InChI is InChI=1S/C12H19NO2/c1-10(14)11-5-4-6-12(9-11)15-8-7-13(2)3/h4-6,9-10,14H,7-8H2,1-3H3. The van der Waals surface area contributed by atoms with E-state index >= 15 is 0 Å². The minimum absolute atomic E-state index is 0.442. The first-order chi connectivity index (χ1) is 7.09. The van der Waals surface area contributed by atoms with E-state index in [0.717, 1.165) is 17.9 Å². The Morgan fingerprint density at radius 3 is 2.73 bits per heavy atom. The summed E-state index contributed by atoms with van der Waals surface area (Å²) < 4.78 is 5.55. The highest BCUT2D eigenvalue weighted by molar-refractivity contribution is 5.29. The van der Waals surface area contributed by atoms with Crippen LogP contribution in [-0.2, 0) is 0 Å². The van der Waals surface area contributed by atoms with Gasteiger partial charge in [0.05, 0.1) is 6.10 Å². The highest BCUT2D eigenvalue weighted by Gasteiger charge is 2.02. The van der Waals surface area contributed by atoms with Crippen LogP contribution in [0.5, 0.6) is 5.75 Å². The van der Waals surface area contributed by atoms with Crippen LogP contribution in [0.1, 0.15) is 18.6 Å². The number of aliphatic hydroxyl groups excluding tert-OH is 1. The summed E-state index contributed by atoms with van der Waals surface area (Å²) in [6.45, 7) is 3.30. The van der Waals surface area contributed by atoms with Gasteiger partial charge >= 0.3 is 0 Å². The highest BCUT2D eigenvalue weighted by Crippen LogP contribution is 2.18. The summed E-state index contributed by atoms with van der Waals surface area (Å²) in [5.41, 5.74) is 0.886. The van der Waals surface area contributed by atoms with Crippen LogP contribution in [0.3, 0.4) is 0 Å². The molecule has 0 aliphatic carbocycles. The lowest BCUT2D eigenvalue weighted by Crippen LogP contribution is -2.19. The van der Waals surface area contributed by atoms with Gasteiger partial charge in [-0.05, 0) is 38.7 Å². The molecule has 1 atom stereocenters. The Labute approximate surface area is 91.3 Å². The summed E-state index contributed by atoms with van der Waals surface area (Å²) in [6, 6.07) is 7.57. The maximum absolute atomic E-state index is 9.40. The van der Waals surface area contributed by atoms with Crippen LogP contribution in [0.15, 0.2) is 24.3 Å². The molecule has 0 aliphatic rings. The van der Waals surface area contributed by atoms with Crippen LogP contribution in [0.25, 0.3) is 0 Å². The van der Waals surface area contributed by atoms with E-state index in [1.54, 1.807) is 6.92 Å². The lowest BCUT2D eigenvalue weighted by atomic mass is 10.1. The third-order valence-corrected chi connectivity index (χ3v) is 2.15. The first-order valence-corrected chi connectivity index (χ1v) is 5.15. The molecule has 0 aromatic heterocycles. The van der Waals surface area contributed by atoms with E-state index in [9.17, 15) is 5.11 Å². The van der Waals surface area contributed by atoms with Gasteiger partial charge < -0.3 is 14.7 Å². The van der Waals surface area contributed by atoms with Gasteiger partial charge in [0.15, 0.2) is 0 Å². The van der Waals surface area contributed by atoms with E-state index in [2.05, 4.69) is 4.90 Å². The quantitative estimate of drug-likeness (QED) is 0.801. The first-order valence-electron chi connectivity index (χ1n) is 5.15. The molecule has 0 fully saturated rings. The lowest BCUT2D eigenvalue weighted by Gasteiger charge is -2.12. The summed E-state index contributed by atoms with van der Waals surface area (Å²) in [6.07, 6.45) is -0.442. The van der Waals surface area contributed by atoms with Crippen LogP contribution in [-0.4, -0.2) is 37.3 Å². The molecular formula is C12H19NO2. The van der Waals surface area contributed by atoms with E-state index in [4.69, 9.17) is 4.74 Å². The predicted molar refractivity (Wildman–Crippen MR) is 61.1 cm³/mol. The molecule has 1 aromatic rings. The Bertz CT molecular complexity index is 297. The van der Waals surface area contributed by atoms with Gasteiger partial charge in [-0.2, -0.15) is 0 Å². The van der Waals surface area contributed by atoms with Crippen LogP contribution in [0.4, 0.5) is 0 Å². The van der Waals surface area contributed by atoms with Crippen molar-refractivity contribution in [3.63, 3.8) is 0 Å². The zero-order valence-corrected chi connectivity index (χ0v) is 9.60. The monoisotopic (exact) mass is 209 g/mol. The second-order valence-electron chi connectivity index (χ2n) is 3.90. The number of hydrogen-bond donors (Lipinski definition) is 1. The second kappa shape index (κ2) is 5.73. The maximum Gasteiger partial charge on any atom is 0.119 e. The van der Waals surface area contributed by atoms with Gasteiger partial charge in [-0.1, -0.05) is 12.1 Å². The third kappa shape index (κ3) is 4.32. The average Bonchev–Trinajstić information content (AvgIpc) is 2.17. The highest BCUT2D eigenvalue weighted by atomic mass is 16.5. The Balaban J connectivity index is 2.50. The summed E-state index contributed by atoms with van der Waals surface area (Å²) >= 11 is 0. The van der Waals surface area contributed by atoms with Crippen LogP contribution in [0, 0.1) is 0 Å². The minimum Gasteiger partial charge on any atom is -0.492 e. The molecule has 3 nitrogen and oxygen atoms in total. The van der Waals surface area contributed by atoms with Gasteiger partial charge in [0.2, 0.25) is 0 Å². The van der Waals surface area contributed by atoms with Gasteiger partial charge in [0, 0.05) is 6.54 Å². The van der Waals surface area contributed by atoms with E-state index in [0.29, 0.717) is 6.61 Å².